The highest BCUT2D eigenvalue weighted by Crippen LogP contribution is 2.33. The predicted octanol–water partition coefficient (Wildman–Crippen LogP) is 1.26. The molecule has 0 radical (unpaired) electrons. The monoisotopic (exact) mass is 890 g/mol. The van der Waals surface area contributed by atoms with Gasteiger partial charge in [-0.3, -0.25) is 19.2 Å². The molecule has 10 N–H and O–H groups in total. The molecule has 2 saturated heterocycles. The smallest absolute Gasteiger partial charge is 0.307 e. The Morgan fingerprint density at radius 2 is 0.875 bits per heavy atom. The number of carbonyl (C=O) groups is 4. The van der Waals surface area contributed by atoms with Crippen molar-refractivity contribution >= 4 is 23.5 Å². The fourth-order valence-electron chi connectivity index (χ4n) is 7.52. The molecule has 0 aliphatic carbocycles. The summed E-state index contributed by atoms with van der Waals surface area (Å²) in [5.74, 6) is -2.81. The zero-order valence-electron chi connectivity index (χ0n) is 34.3. The van der Waals surface area contributed by atoms with Crippen LogP contribution in [0.1, 0.15) is 57.5 Å². The van der Waals surface area contributed by atoms with Crippen molar-refractivity contribution in [3.63, 3.8) is 0 Å². The average Bonchev–Trinajstić information content (AvgIpc) is 3.27. The maximum absolute atomic E-state index is 13.8. The van der Waals surface area contributed by atoms with Gasteiger partial charge in [-0.1, -0.05) is 48.5 Å². The van der Waals surface area contributed by atoms with Crippen LogP contribution in [-0.2, 0) is 31.9 Å². The van der Waals surface area contributed by atoms with Crippen molar-refractivity contribution in [2.45, 2.75) is 99.9 Å². The van der Waals surface area contributed by atoms with Gasteiger partial charge in [0.25, 0.3) is 0 Å². The lowest BCUT2D eigenvalue weighted by atomic mass is 9.95. The normalized spacial score (nSPS) is 25.6. The highest BCUT2D eigenvalue weighted by Gasteiger charge is 2.46. The molecule has 64 heavy (non-hydrogen) atoms. The van der Waals surface area contributed by atoms with Crippen molar-refractivity contribution in [3.05, 3.63) is 107 Å². The van der Waals surface area contributed by atoms with Gasteiger partial charge in [0.15, 0.2) is 11.6 Å². The lowest BCUT2D eigenvalue weighted by Crippen LogP contribution is -2.60. The quantitative estimate of drug-likeness (QED) is 0.0468. The molecular weight excluding hydrogens is 840 g/mol. The number of ether oxygens (including phenoxy) is 4. The minimum atomic E-state index is -1.74. The third-order valence-corrected chi connectivity index (χ3v) is 10.9. The zero-order valence-corrected chi connectivity index (χ0v) is 34.3. The summed E-state index contributed by atoms with van der Waals surface area (Å²) >= 11 is 0. The van der Waals surface area contributed by atoms with Gasteiger partial charge in [0.1, 0.15) is 60.3 Å². The molecule has 6 rings (SSSR count). The van der Waals surface area contributed by atoms with Crippen molar-refractivity contribution in [1.82, 2.24) is 0 Å². The fourth-order valence-corrected chi connectivity index (χ4v) is 7.52. The van der Waals surface area contributed by atoms with Gasteiger partial charge in [0.05, 0.1) is 26.1 Å². The summed E-state index contributed by atoms with van der Waals surface area (Å²) in [6, 6.07) is 22.1. The van der Waals surface area contributed by atoms with E-state index in [1.165, 1.54) is 24.3 Å². The second kappa shape index (κ2) is 21.4. The molecule has 0 saturated carbocycles. The Bertz CT molecular complexity index is 2130. The number of Topliss-reactive ketones (excluding diaryl/α,β-unsaturated/α-hetero) is 2. The molecule has 4 aromatic rings. The van der Waals surface area contributed by atoms with E-state index in [4.69, 9.17) is 18.9 Å². The molecule has 0 bridgehead atoms. The molecule has 0 spiro atoms. The number of hydrogen-bond acceptors (Lipinski definition) is 16. The average molecular weight is 891 g/mol. The fraction of sp³-hybridized carbons (Fsp3) is 0.391. The van der Waals surface area contributed by atoms with E-state index in [-0.39, 0.29) is 72.7 Å². The van der Waals surface area contributed by atoms with E-state index in [0.29, 0.717) is 33.4 Å². The van der Waals surface area contributed by atoms with Crippen LogP contribution in [0.4, 0.5) is 0 Å². The zero-order chi connectivity index (χ0) is 46.2. The number of carboxylic acid groups (broad SMARTS) is 2. The molecule has 18 nitrogen and oxygen atoms in total. The summed E-state index contributed by atoms with van der Waals surface area (Å²) in [5.41, 5.74) is 3.19. The number of aliphatic carboxylic acids is 2. The highest BCUT2D eigenvalue weighted by molar-refractivity contribution is 5.99. The lowest BCUT2D eigenvalue weighted by molar-refractivity contribution is -0.277. The Kier molecular flexibility index (Phi) is 16.0. The first kappa shape index (κ1) is 47.8. The number of carbonyl (C=O) groups excluding carboxylic acids is 2. The van der Waals surface area contributed by atoms with Gasteiger partial charge in [0, 0.05) is 24.0 Å². The maximum Gasteiger partial charge on any atom is 0.307 e. The number of carboxylic acids is 2. The van der Waals surface area contributed by atoms with Crippen molar-refractivity contribution < 1.29 is 89.2 Å². The number of hydrogen-bond donors (Lipinski definition) is 10. The standard InChI is InChI=1S/C46H50O18/c47-21-35-39(55)41(57)43(59)45(63-35)61-31-17-27(25-7-3-5-23(11-25)13-37(51)52)15-29(19-31)33(49)9-1-2-10-34(50)30-16-28(26-8-4-6-24(12-26)14-38(53)54)18-32(20-30)62-46-44(60)42(58)40(56)36(22-48)64-46/h3-8,11-12,15-20,35-36,39-48,55-60H,1-2,9-10,13-14,21-22H2,(H,51,52)(H,53,54)/t35-,36-,39-,40-,41+,42+,43+,44+,45+,46+/m0/s1. The molecule has 0 aromatic heterocycles. The molecule has 2 aliphatic heterocycles. The highest BCUT2D eigenvalue weighted by atomic mass is 16.7. The summed E-state index contributed by atoms with van der Waals surface area (Å²) in [6.45, 7) is -1.39. The number of benzene rings is 4. The summed E-state index contributed by atoms with van der Waals surface area (Å²) in [4.78, 5) is 50.4. The Hall–Kier alpha value is -5.64. The first-order chi connectivity index (χ1) is 30.5. The number of unbranched alkanes of at least 4 members (excludes halogenated alkanes) is 1. The summed E-state index contributed by atoms with van der Waals surface area (Å²) in [7, 11) is 0. The third kappa shape index (κ3) is 11.7. The van der Waals surface area contributed by atoms with Crippen LogP contribution in [0, 0.1) is 0 Å². The molecule has 342 valence electrons. The topological polar surface area (TPSA) is 307 Å². The number of aliphatic hydroxyl groups excluding tert-OH is 8. The summed E-state index contributed by atoms with van der Waals surface area (Å²) < 4.78 is 22.8. The van der Waals surface area contributed by atoms with Crippen molar-refractivity contribution in [2.24, 2.45) is 0 Å². The van der Waals surface area contributed by atoms with Gasteiger partial charge >= 0.3 is 11.9 Å². The van der Waals surface area contributed by atoms with Gasteiger partial charge in [0.2, 0.25) is 12.6 Å². The van der Waals surface area contributed by atoms with E-state index in [1.807, 2.05) is 0 Å². The van der Waals surface area contributed by atoms with E-state index in [9.17, 15) is 70.2 Å². The molecule has 4 aromatic carbocycles. The molecule has 0 unspecified atom stereocenters. The minimum absolute atomic E-state index is 0.0131. The predicted molar refractivity (Wildman–Crippen MR) is 222 cm³/mol. The first-order valence-corrected chi connectivity index (χ1v) is 20.5. The van der Waals surface area contributed by atoms with Crippen LogP contribution < -0.4 is 9.47 Å². The van der Waals surface area contributed by atoms with E-state index < -0.39 is 86.6 Å². The number of ketones is 2. The van der Waals surface area contributed by atoms with Crippen LogP contribution >= 0.6 is 0 Å². The van der Waals surface area contributed by atoms with Crippen LogP contribution in [-0.4, -0.2) is 149 Å². The van der Waals surface area contributed by atoms with Crippen LogP contribution in [0.2, 0.25) is 0 Å². The van der Waals surface area contributed by atoms with Crippen LogP contribution in [0.5, 0.6) is 11.5 Å². The molecule has 2 heterocycles. The Labute approximate surface area is 366 Å². The molecular formula is C46H50O18. The van der Waals surface area contributed by atoms with Gasteiger partial charge < -0.3 is 70.0 Å². The van der Waals surface area contributed by atoms with Crippen LogP contribution in [0.15, 0.2) is 84.9 Å². The summed E-state index contributed by atoms with van der Waals surface area (Å²) in [5, 5.41) is 100. The Balaban J connectivity index is 1.20. The van der Waals surface area contributed by atoms with E-state index >= 15 is 0 Å². The largest absolute Gasteiger partial charge is 0.481 e. The van der Waals surface area contributed by atoms with Crippen molar-refractivity contribution in [2.75, 3.05) is 13.2 Å². The molecule has 2 fully saturated rings. The molecule has 18 heteroatoms. The molecule has 10 atom stereocenters. The van der Waals surface area contributed by atoms with Crippen molar-refractivity contribution in [1.29, 1.82) is 0 Å². The minimum Gasteiger partial charge on any atom is -0.481 e. The molecule has 2 aliphatic rings. The second-order valence-electron chi connectivity index (χ2n) is 15.7. The van der Waals surface area contributed by atoms with Crippen LogP contribution in [0.25, 0.3) is 22.3 Å². The maximum atomic E-state index is 13.8. The molecule has 0 amide bonds. The summed E-state index contributed by atoms with van der Waals surface area (Å²) in [6.07, 6.45) is -16.0. The second-order valence-corrected chi connectivity index (χ2v) is 15.7. The number of rotatable bonds is 19. The van der Waals surface area contributed by atoms with E-state index in [1.54, 1.807) is 60.7 Å². The van der Waals surface area contributed by atoms with Gasteiger partial charge in [-0.15, -0.1) is 0 Å². The third-order valence-electron chi connectivity index (χ3n) is 10.9. The van der Waals surface area contributed by atoms with E-state index in [2.05, 4.69) is 0 Å². The van der Waals surface area contributed by atoms with Gasteiger partial charge in [-0.05, 0) is 82.6 Å². The van der Waals surface area contributed by atoms with E-state index in [0.717, 1.165) is 0 Å². The lowest BCUT2D eigenvalue weighted by Gasteiger charge is -2.39. The van der Waals surface area contributed by atoms with Crippen molar-refractivity contribution in [3.8, 4) is 33.8 Å². The SMILES string of the molecule is O=C(O)Cc1cccc(-c2cc(O[C@@H]3O[C@@H](CO)[C@H](O)[C@@H](O)[C@H]3O)cc(C(=O)CCCCC(=O)c3cc(O[C@@H]4O[C@@H](CO)[C@H](O)[C@@H](O)[C@H]4O)cc(-c4cccc(CC(=O)O)c4)c3)c2)c1. The Morgan fingerprint density at radius 3 is 1.23 bits per heavy atom. The van der Waals surface area contributed by atoms with Gasteiger partial charge in [-0.2, -0.15) is 0 Å². The van der Waals surface area contributed by atoms with Gasteiger partial charge in [-0.25, -0.2) is 0 Å². The number of aliphatic hydroxyl groups is 8. The first-order valence-electron chi connectivity index (χ1n) is 20.5. The Morgan fingerprint density at radius 1 is 0.484 bits per heavy atom. The van der Waals surface area contributed by atoms with Crippen LogP contribution in [0.3, 0.4) is 0 Å².